The van der Waals surface area contributed by atoms with Gasteiger partial charge in [0.05, 0.1) is 4.47 Å². The number of hydrogen-bond acceptors (Lipinski definition) is 2. The largest absolute Gasteiger partial charge is 0.489 e. The highest BCUT2D eigenvalue weighted by molar-refractivity contribution is 9.10. The van der Waals surface area contributed by atoms with Gasteiger partial charge < -0.3 is 10.1 Å². The molecule has 0 aromatic heterocycles. The third-order valence-corrected chi connectivity index (χ3v) is 4.97. The quantitative estimate of drug-likeness (QED) is 0.749. The Hall–Kier alpha value is -0.540. The summed E-state index contributed by atoms with van der Waals surface area (Å²) < 4.78 is 7.38. The van der Waals surface area contributed by atoms with E-state index in [-0.39, 0.29) is 0 Å². The summed E-state index contributed by atoms with van der Waals surface area (Å²) >= 11 is 3.67. The van der Waals surface area contributed by atoms with Crippen molar-refractivity contribution in [3.63, 3.8) is 0 Å². The second-order valence-corrected chi connectivity index (χ2v) is 7.26. The summed E-state index contributed by atoms with van der Waals surface area (Å²) in [6, 6.07) is 6.96. The van der Waals surface area contributed by atoms with E-state index in [4.69, 9.17) is 4.74 Å². The van der Waals surface area contributed by atoms with Crippen LogP contribution in [0.25, 0.3) is 0 Å². The van der Waals surface area contributed by atoms with Crippen molar-refractivity contribution in [1.82, 2.24) is 5.32 Å². The van der Waals surface area contributed by atoms with Crippen molar-refractivity contribution >= 4 is 15.9 Å². The van der Waals surface area contributed by atoms with Crippen LogP contribution in [0.5, 0.6) is 5.75 Å². The lowest BCUT2D eigenvalue weighted by atomic mass is 9.85. The molecule has 3 heteroatoms. The van der Waals surface area contributed by atoms with Crippen LogP contribution < -0.4 is 10.1 Å². The summed E-state index contributed by atoms with van der Waals surface area (Å²) in [7, 11) is 0. The van der Waals surface area contributed by atoms with Crippen molar-refractivity contribution in [3.05, 3.63) is 28.2 Å². The van der Waals surface area contributed by atoms with Crippen molar-refractivity contribution in [1.29, 1.82) is 0 Å². The normalized spacial score (nSPS) is 22.5. The molecular weight excluding hydrogens is 326 g/mol. The topological polar surface area (TPSA) is 21.3 Å². The molecule has 2 rings (SSSR count). The molecular formula is C18H28BrNO. The van der Waals surface area contributed by atoms with Crippen LogP contribution in [0, 0.1) is 5.92 Å². The molecule has 2 nitrogen and oxygen atoms in total. The Morgan fingerprint density at radius 2 is 2.05 bits per heavy atom. The molecule has 0 bridgehead atoms. The fourth-order valence-corrected chi connectivity index (χ4v) is 3.55. The van der Waals surface area contributed by atoms with Crippen molar-refractivity contribution < 1.29 is 4.74 Å². The molecule has 0 aliphatic heterocycles. The lowest BCUT2D eigenvalue weighted by molar-refractivity contribution is 0.0896. The second kappa shape index (κ2) is 8.19. The fraction of sp³-hybridized carbons (Fsp3) is 0.667. The monoisotopic (exact) mass is 353 g/mol. The van der Waals surface area contributed by atoms with Crippen LogP contribution in [0.3, 0.4) is 0 Å². The van der Waals surface area contributed by atoms with Gasteiger partial charge in [0, 0.05) is 12.6 Å². The molecule has 0 spiro atoms. The number of ether oxygens (including phenoxy) is 1. The maximum absolute atomic E-state index is 6.30. The predicted molar refractivity (Wildman–Crippen MR) is 92.8 cm³/mol. The van der Waals surface area contributed by atoms with Crippen LogP contribution in [0.1, 0.15) is 58.4 Å². The summed E-state index contributed by atoms with van der Waals surface area (Å²) in [6.45, 7) is 7.51. The zero-order valence-electron chi connectivity index (χ0n) is 13.5. The van der Waals surface area contributed by atoms with E-state index in [1.165, 1.54) is 37.7 Å². The average Bonchev–Trinajstić information content (AvgIpc) is 2.48. The molecule has 0 saturated heterocycles. The molecule has 0 heterocycles. The third-order valence-electron chi connectivity index (χ3n) is 4.35. The molecule has 2 atom stereocenters. The van der Waals surface area contributed by atoms with Crippen molar-refractivity contribution in [2.24, 2.45) is 5.92 Å². The van der Waals surface area contributed by atoms with Gasteiger partial charge in [0.25, 0.3) is 0 Å². The standard InChI is InChI=1S/C18H28BrNO/c1-4-15-7-5-6-8-17(15)21-18-10-9-14(11-16(18)19)12-20-13(2)3/h9-11,13,15,17,20H,4-8,12H2,1-3H3. The first-order valence-corrected chi connectivity index (χ1v) is 9.08. The van der Waals surface area contributed by atoms with Crippen LogP contribution >= 0.6 is 15.9 Å². The Bertz CT molecular complexity index is 447. The maximum atomic E-state index is 6.30. The molecule has 1 aliphatic rings. The van der Waals surface area contributed by atoms with Crippen LogP contribution in [-0.2, 0) is 6.54 Å². The second-order valence-electron chi connectivity index (χ2n) is 6.41. The summed E-state index contributed by atoms with van der Waals surface area (Å²) in [4.78, 5) is 0. The summed E-state index contributed by atoms with van der Waals surface area (Å²) in [6.07, 6.45) is 6.78. The first-order valence-electron chi connectivity index (χ1n) is 8.28. The van der Waals surface area contributed by atoms with E-state index < -0.39 is 0 Å². The molecule has 1 saturated carbocycles. The SMILES string of the molecule is CCC1CCCCC1Oc1ccc(CNC(C)C)cc1Br. The first kappa shape index (κ1) is 16.8. The molecule has 0 radical (unpaired) electrons. The van der Waals surface area contributed by atoms with Gasteiger partial charge in [0.2, 0.25) is 0 Å². The summed E-state index contributed by atoms with van der Waals surface area (Å²) in [5.74, 6) is 1.71. The lowest BCUT2D eigenvalue weighted by Crippen LogP contribution is -2.30. The average molecular weight is 354 g/mol. The van der Waals surface area contributed by atoms with Gasteiger partial charge in [-0.2, -0.15) is 0 Å². The number of hydrogen-bond donors (Lipinski definition) is 1. The molecule has 2 unspecified atom stereocenters. The molecule has 1 aliphatic carbocycles. The highest BCUT2D eigenvalue weighted by Gasteiger charge is 2.25. The predicted octanol–water partition coefficient (Wildman–Crippen LogP) is 5.29. The van der Waals surface area contributed by atoms with Crippen molar-refractivity contribution in [2.45, 2.75) is 71.6 Å². The molecule has 1 aromatic carbocycles. The van der Waals surface area contributed by atoms with E-state index in [0.29, 0.717) is 18.1 Å². The number of halogens is 1. The minimum atomic E-state index is 0.389. The van der Waals surface area contributed by atoms with Crippen molar-refractivity contribution in [3.8, 4) is 5.75 Å². The highest BCUT2D eigenvalue weighted by atomic mass is 79.9. The minimum absolute atomic E-state index is 0.389. The smallest absolute Gasteiger partial charge is 0.133 e. The van der Waals surface area contributed by atoms with Crippen molar-refractivity contribution in [2.75, 3.05) is 0 Å². The Labute approximate surface area is 137 Å². The van der Waals surface area contributed by atoms with E-state index in [1.807, 2.05) is 0 Å². The zero-order chi connectivity index (χ0) is 15.2. The Morgan fingerprint density at radius 3 is 2.71 bits per heavy atom. The zero-order valence-corrected chi connectivity index (χ0v) is 15.1. The lowest BCUT2D eigenvalue weighted by Gasteiger charge is -2.31. The van der Waals surface area contributed by atoms with Gasteiger partial charge in [-0.05, 0) is 65.2 Å². The van der Waals surface area contributed by atoms with Gasteiger partial charge in [-0.15, -0.1) is 0 Å². The third kappa shape index (κ3) is 5.00. The van der Waals surface area contributed by atoms with Crippen LogP contribution in [0.2, 0.25) is 0 Å². The van der Waals surface area contributed by atoms with Gasteiger partial charge in [-0.1, -0.05) is 33.3 Å². The summed E-state index contributed by atoms with van der Waals surface area (Å²) in [5, 5.41) is 3.44. The minimum Gasteiger partial charge on any atom is -0.489 e. The molecule has 21 heavy (non-hydrogen) atoms. The van der Waals surface area contributed by atoms with Crippen LogP contribution in [0.15, 0.2) is 22.7 Å². The molecule has 1 N–H and O–H groups in total. The molecule has 0 amide bonds. The molecule has 1 fully saturated rings. The number of nitrogens with one attached hydrogen (secondary N) is 1. The van der Waals surface area contributed by atoms with E-state index in [0.717, 1.165) is 16.8 Å². The van der Waals surface area contributed by atoms with Gasteiger partial charge >= 0.3 is 0 Å². The van der Waals surface area contributed by atoms with E-state index >= 15 is 0 Å². The van der Waals surface area contributed by atoms with Gasteiger partial charge in [0.1, 0.15) is 11.9 Å². The molecule has 1 aromatic rings. The van der Waals surface area contributed by atoms with Crippen LogP contribution in [-0.4, -0.2) is 12.1 Å². The Morgan fingerprint density at radius 1 is 1.29 bits per heavy atom. The van der Waals surface area contributed by atoms with E-state index in [1.54, 1.807) is 0 Å². The summed E-state index contributed by atoms with van der Waals surface area (Å²) in [5.41, 5.74) is 1.29. The van der Waals surface area contributed by atoms with E-state index in [9.17, 15) is 0 Å². The first-order chi connectivity index (χ1) is 10.1. The van der Waals surface area contributed by atoms with Gasteiger partial charge in [-0.3, -0.25) is 0 Å². The maximum Gasteiger partial charge on any atom is 0.133 e. The molecule has 118 valence electrons. The van der Waals surface area contributed by atoms with Gasteiger partial charge in [0.15, 0.2) is 0 Å². The van der Waals surface area contributed by atoms with Crippen LogP contribution in [0.4, 0.5) is 0 Å². The highest BCUT2D eigenvalue weighted by Crippen LogP contribution is 2.33. The Balaban J connectivity index is 1.99. The number of benzene rings is 1. The Kier molecular flexibility index (Phi) is 6.56. The van der Waals surface area contributed by atoms with Gasteiger partial charge in [-0.25, -0.2) is 0 Å². The fourth-order valence-electron chi connectivity index (χ4n) is 3.03. The van der Waals surface area contributed by atoms with E-state index in [2.05, 4.69) is 60.2 Å². The number of rotatable bonds is 6.